The van der Waals surface area contributed by atoms with E-state index < -0.39 is 11.7 Å². The average Bonchev–Trinajstić information content (AvgIpc) is 3.15. The van der Waals surface area contributed by atoms with Crippen molar-refractivity contribution >= 4 is 11.6 Å². The number of nitrogens with zero attached hydrogens (tertiary/aromatic N) is 2. The van der Waals surface area contributed by atoms with Crippen molar-refractivity contribution in [3.8, 4) is 0 Å². The lowest BCUT2D eigenvalue weighted by molar-refractivity contribution is -0.137. The van der Waals surface area contributed by atoms with Gasteiger partial charge < -0.3 is 9.74 Å². The number of benzene rings is 2. The first-order chi connectivity index (χ1) is 13.8. The van der Waals surface area contributed by atoms with Gasteiger partial charge in [0.15, 0.2) is 6.10 Å². The molecule has 7 heteroatoms. The number of hydrogen-bond acceptors (Lipinski definition) is 3. The van der Waals surface area contributed by atoms with Crippen molar-refractivity contribution in [1.82, 2.24) is 4.90 Å². The van der Waals surface area contributed by atoms with E-state index >= 15 is 0 Å². The van der Waals surface area contributed by atoms with Crippen LogP contribution in [0.15, 0.2) is 53.7 Å². The SMILES string of the molecule is CCC(=O)N(Cc1ccc(C(F)(F)F)cc1)C[C@H]1CC(c2ccccc2C)=NO1. The third-order valence-corrected chi connectivity index (χ3v) is 4.92. The first kappa shape index (κ1) is 20.9. The molecule has 3 rings (SSSR count). The zero-order chi connectivity index (χ0) is 21.0. The number of rotatable bonds is 6. The Morgan fingerprint density at radius 3 is 2.48 bits per heavy atom. The molecule has 0 saturated heterocycles. The first-order valence-electron chi connectivity index (χ1n) is 9.50. The van der Waals surface area contributed by atoms with Crippen LogP contribution in [0.25, 0.3) is 0 Å². The van der Waals surface area contributed by atoms with Gasteiger partial charge in [-0.3, -0.25) is 4.79 Å². The van der Waals surface area contributed by atoms with E-state index in [-0.39, 0.29) is 18.6 Å². The molecule has 0 spiro atoms. The van der Waals surface area contributed by atoms with E-state index in [1.807, 2.05) is 31.2 Å². The topological polar surface area (TPSA) is 41.9 Å². The molecule has 2 aromatic carbocycles. The molecular formula is C22H23F3N2O2. The smallest absolute Gasteiger partial charge is 0.390 e. The Morgan fingerprint density at radius 1 is 1.17 bits per heavy atom. The fourth-order valence-electron chi connectivity index (χ4n) is 3.33. The Morgan fingerprint density at radius 2 is 1.86 bits per heavy atom. The van der Waals surface area contributed by atoms with Crippen LogP contribution in [0.1, 0.15) is 42.0 Å². The minimum atomic E-state index is -4.38. The fourth-order valence-corrected chi connectivity index (χ4v) is 3.33. The van der Waals surface area contributed by atoms with Crippen LogP contribution < -0.4 is 0 Å². The standard InChI is InChI=1S/C22H23F3N2O2/c1-3-21(28)27(13-16-8-10-17(11-9-16)22(23,24)25)14-18-12-20(26-29-18)19-7-5-4-6-15(19)2/h4-11,18H,3,12-14H2,1-2H3/t18-/m1/s1. The normalized spacial score (nSPS) is 16.3. The summed E-state index contributed by atoms with van der Waals surface area (Å²) in [5.74, 6) is -0.0853. The van der Waals surface area contributed by atoms with Gasteiger partial charge >= 0.3 is 6.18 Å². The Balaban J connectivity index is 1.66. The number of oxime groups is 1. The highest BCUT2D eigenvalue weighted by Crippen LogP contribution is 2.29. The van der Waals surface area contributed by atoms with Gasteiger partial charge in [0.1, 0.15) is 0 Å². The van der Waals surface area contributed by atoms with Crippen LogP contribution in [-0.4, -0.2) is 29.2 Å². The molecule has 1 atom stereocenters. The molecule has 1 aliphatic rings. The molecule has 2 aromatic rings. The number of halogens is 3. The van der Waals surface area contributed by atoms with Crippen LogP contribution in [0.2, 0.25) is 0 Å². The second kappa shape index (κ2) is 8.68. The van der Waals surface area contributed by atoms with Crippen LogP contribution in [0.4, 0.5) is 13.2 Å². The maximum Gasteiger partial charge on any atom is 0.416 e. The number of carbonyl (C=O) groups excluding carboxylic acids is 1. The van der Waals surface area contributed by atoms with Gasteiger partial charge in [-0.1, -0.05) is 48.5 Å². The minimum absolute atomic E-state index is 0.0853. The maximum atomic E-state index is 12.7. The monoisotopic (exact) mass is 404 g/mol. The number of amides is 1. The Labute approximate surface area is 168 Å². The molecular weight excluding hydrogens is 381 g/mol. The van der Waals surface area contributed by atoms with E-state index in [4.69, 9.17) is 4.84 Å². The third kappa shape index (κ3) is 5.16. The molecule has 1 aliphatic heterocycles. The van der Waals surface area contributed by atoms with E-state index in [0.717, 1.165) is 29.0 Å². The van der Waals surface area contributed by atoms with Crippen LogP contribution >= 0.6 is 0 Å². The highest BCUT2D eigenvalue weighted by molar-refractivity contribution is 6.02. The van der Waals surface area contributed by atoms with Crippen molar-refractivity contribution in [2.75, 3.05) is 6.54 Å². The highest BCUT2D eigenvalue weighted by Gasteiger charge is 2.30. The van der Waals surface area contributed by atoms with E-state index in [1.54, 1.807) is 11.8 Å². The molecule has 1 heterocycles. The summed E-state index contributed by atoms with van der Waals surface area (Å²) in [5.41, 5.74) is 2.89. The van der Waals surface area contributed by atoms with Crippen molar-refractivity contribution in [1.29, 1.82) is 0 Å². The largest absolute Gasteiger partial charge is 0.416 e. The van der Waals surface area contributed by atoms with Crippen molar-refractivity contribution < 1.29 is 22.8 Å². The summed E-state index contributed by atoms with van der Waals surface area (Å²) in [4.78, 5) is 19.6. The molecule has 0 unspecified atom stereocenters. The maximum absolute atomic E-state index is 12.7. The van der Waals surface area contributed by atoms with Gasteiger partial charge in [0.05, 0.1) is 17.8 Å². The molecule has 0 radical (unpaired) electrons. The lowest BCUT2D eigenvalue weighted by Crippen LogP contribution is -2.36. The second-order valence-electron chi connectivity index (χ2n) is 7.11. The average molecular weight is 404 g/mol. The van der Waals surface area contributed by atoms with Crippen molar-refractivity contribution in [3.05, 3.63) is 70.8 Å². The van der Waals surface area contributed by atoms with Crippen LogP contribution in [0.3, 0.4) is 0 Å². The quantitative estimate of drug-likeness (QED) is 0.684. The fraction of sp³-hybridized carbons (Fsp3) is 0.364. The molecule has 154 valence electrons. The van der Waals surface area contributed by atoms with Crippen LogP contribution in [0, 0.1) is 6.92 Å². The summed E-state index contributed by atoms with van der Waals surface area (Å²) in [5, 5.41) is 4.19. The zero-order valence-electron chi connectivity index (χ0n) is 16.4. The van der Waals surface area contributed by atoms with Gasteiger partial charge in [-0.15, -0.1) is 0 Å². The van der Waals surface area contributed by atoms with Crippen molar-refractivity contribution in [2.24, 2.45) is 5.16 Å². The predicted octanol–water partition coefficient (Wildman–Crippen LogP) is 4.95. The van der Waals surface area contributed by atoms with E-state index in [0.29, 0.717) is 24.9 Å². The van der Waals surface area contributed by atoms with Crippen molar-refractivity contribution in [3.63, 3.8) is 0 Å². The summed E-state index contributed by atoms with van der Waals surface area (Å²) >= 11 is 0. The lowest BCUT2D eigenvalue weighted by atomic mass is 10.00. The molecule has 0 N–H and O–H groups in total. The summed E-state index contributed by atoms with van der Waals surface area (Å²) in [6.45, 7) is 4.31. The van der Waals surface area contributed by atoms with Gasteiger partial charge in [-0.25, -0.2) is 0 Å². The van der Waals surface area contributed by atoms with E-state index in [9.17, 15) is 18.0 Å². The molecule has 0 aliphatic carbocycles. The van der Waals surface area contributed by atoms with Gasteiger partial charge in [0, 0.05) is 24.9 Å². The van der Waals surface area contributed by atoms with E-state index in [2.05, 4.69) is 5.16 Å². The summed E-state index contributed by atoms with van der Waals surface area (Å²) in [6, 6.07) is 12.8. The number of carbonyl (C=O) groups is 1. The number of aryl methyl sites for hydroxylation is 1. The van der Waals surface area contributed by atoms with Gasteiger partial charge in [-0.2, -0.15) is 13.2 Å². The highest BCUT2D eigenvalue weighted by atomic mass is 19.4. The van der Waals surface area contributed by atoms with Crippen molar-refractivity contribution in [2.45, 2.75) is 45.5 Å². The molecule has 0 aromatic heterocycles. The first-order valence-corrected chi connectivity index (χ1v) is 9.50. The minimum Gasteiger partial charge on any atom is -0.390 e. The number of alkyl halides is 3. The molecule has 29 heavy (non-hydrogen) atoms. The van der Waals surface area contributed by atoms with E-state index in [1.165, 1.54) is 12.1 Å². The third-order valence-electron chi connectivity index (χ3n) is 4.92. The van der Waals surface area contributed by atoms with Crippen LogP contribution in [0.5, 0.6) is 0 Å². The summed E-state index contributed by atoms with van der Waals surface area (Å²) < 4.78 is 38.2. The molecule has 0 saturated carbocycles. The lowest BCUT2D eigenvalue weighted by Gasteiger charge is -2.24. The van der Waals surface area contributed by atoms with Gasteiger partial charge in [0.2, 0.25) is 5.91 Å². The Hall–Kier alpha value is -2.83. The predicted molar refractivity (Wildman–Crippen MR) is 104 cm³/mol. The van der Waals surface area contributed by atoms with Crippen LogP contribution in [-0.2, 0) is 22.4 Å². The number of hydrogen-bond donors (Lipinski definition) is 0. The molecule has 0 fully saturated rings. The summed E-state index contributed by atoms with van der Waals surface area (Å²) in [6.07, 6.45) is -3.78. The summed E-state index contributed by atoms with van der Waals surface area (Å²) in [7, 11) is 0. The molecule has 1 amide bonds. The van der Waals surface area contributed by atoms with Gasteiger partial charge in [0.25, 0.3) is 0 Å². The zero-order valence-corrected chi connectivity index (χ0v) is 16.4. The second-order valence-corrected chi connectivity index (χ2v) is 7.11. The molecule has 4 nitrogen and oxygen atoms in total. The Bertz CT molecular complexity index is 892. The van der Waals surface area contributed by atoms with Gasteiger partial charge in [-0.05, 0) is 30.2 Å². The molecule has 0 bridgehead atoms. The Kier molecular flexibility index (Phi) is 6.25.